The molecule has 6 heteroatoms. The fourth-order valence-electron chi connectivity index (χ4n) is 2.67. The Labute approximate surface area is 126 Å². The van der Waals surface area contributed by atoms with Gasteiger partial charge in [-0.05, 0) is 32.7 Å². The first-order chi connectivity index (χ1) is 9.05. The zero-order valence-corrected chi connectivity index (χ0v) is 13.3. The quantitative estimate of drug-likeness (QED) is 0.884. The molecule has 1 fully saturated rings. The van der Waals surface area contributed by atoms with E-state index < -0.39 is 0 Å². The molecule has 2 heterocycles. The molecule has 1 aromatic heterocycles. The molecule has 0 aromatic carbocycles. The normalized spacial score (nSPS) is 22.1. The van der Waals surface area contributed by atoms with Crippen molar-refractivity contribution in [1.82, 2.24) is 20.4 Å². The minimum atomic E-state index is -0.271. The summed E-state index contributed by atoms with van der Waals surface area (Å²) in [7, 11) is 1.91. The fraction of sp³-hybridized carbons (Fsp3) is 0.714. The number of carbonyl (C=O) groups excluding carboxylic acids is 1. The molecule has 1 aliphatic rings. The van der Waals surface area contributed by atoms with Gasteiger partial charge in [-0.1, -0.05) is 6.92 Å². The molecule has 0 bridgehead atoms. The van der Waals surface area contributed by atoms with Crippen molar-refractivity contribution in [3.63, 3.8) is 0 Å². The summed E-state index contributed by atoms with van der Waals surface area (Å²) in [5, 5.41) is 10.8. The molecule has 0 aliphatic carbocycles. The highest BCUT2D eigenvalue weighted by Gasteiger charge is 2.34. The molecule has 0 saturated carbocycles. The van der Waals surface area contributed by atoms with E-state index in [-0.39, 0.29) is 23.7 Å². The maximum Gasteiger partial charge on any atom is 0.227 e. The molecule has 1 aromatic rings. The molecule has 1 amide bonds. The Morgan fingerprint density at radius 1 is 1.60 bits per heavy atom. The molecule has 1 atom stereocenters. The van der Waals surface area contributed by atoms with Gasteiger partial charge in [0.25, 0.3) is 0 Å². The molecule has 1 saturated heterocycles. The van der Waals surface area contributed by atoms with Gasteiger partial charge in [-0.2, -0.15) is 5.10 Å². The molecule has 20 heavy (non-hydrogen) atoms. The third-order valence-electron chi connectivity index (χ3n) is 3.91. The molecule has 5 nitrogen and oxygen atoms in total. The molecule has 2 N–H and O–H groups in total. The second-order valence-electron chi connectivity index (χ2n) is 5.65. The lowest BCUT2D eigenvalue weighted by Crippen LogP contribution is -2.48. The second-order valence-corrected chi connectivity index (χ2v) is 5.65. The van der Waals surface area contributed by atoms with Crippen molar-refractivity contribution in [2.24, 2.45) is 12.5 Å². The van der Waals surface area contributed by atoms with Gasteiger partial charge in [0.15, 0.2) is 0 Å². The van der Waals surface area contributed by atoms with E-state index in [0.717, 1.165) is 43.6 Å². The van der Waals surface area contributed by atoms with Gasteiger partial charge >= 0.3 is 0 Å². The van der Waals surface area contributed by atoms with Gasteiger partial charge < -0.3 is 10.6 Å². The van der Waals surface area contributed by atoms with E-state index >= 15 is 0 Å². The highest BCUT2D eigenvalue weighted by molar-refractivity contribution is 5.85. The molecule has 1 unspecified atom stereocenters. The van der Waals surface area contributed by atoms with Crippen LogP contribution in [0.25, 0.3) is 0 Å². The zero-order chi connectivity index (χ0) is 13.9. The van der Waals surface area contributed by atoms with Crippen molar-refractivity contribution < 1.29 is 4.79 Å². The lowest BCUT2D eigenvalue weighted by Gasteiger charge is -2.32. The van der Waals surface area contributed by atoms with E-state index in [1.165, 1.54) is 0 Å². The van der Waals surface area contributed by atoms with Gasteiger partial charge in [0.1, 0.15) is 0 Å². The zero-order valence-electron chi connectivity index (χ0n) is 12.5. The largest absolute Gasteiger partial charge is 0.351 e. The average molecular weight is 301 g/mol. The van der Waals surface area contributed by atoms with Gasteiger partial charge in [-0.25, -0.2) is 0 Å². The Kier molecular flexibility index (Phi) is 6.02. The lowest BCUT2D eigenvalue weighted by molar-refractivity contribution is -0.131. The number of rotatable bonds is 4. The number of halogens is 1. The van der Waals surface area contributed by atoms with Crippen LogP contribution in [0.1, 0.15) is 37.9 Å². The summed E-state index contributed by atoms with van der Waals surface area (Å²) < 4.78 is 1.81. The maximum absolute atomic E-state index is 12.3. The van der Waals surface area contributed by atoms with Crippen LogP contribution in [-0.2, 0) is 24.8 Å². The minimum absolute atomic E-state index is 0. The summed E-state index contributed by atoms with van der Waals surface area (Å²) in [6.45, 7) is 6.49. The Bertz CT molecular complexity index is 452. The van der Waals surface area contributed by atoms with Crippen LogP contribution in [0.5, 0.6) is 0 Å². The molecular formula is C14H25ClN4O. The number of piperidine rings is 1. The topological polar surface area (TPSA) is 59.0 Å². The van der Waals surface area contributed by atoms with E-state index in [1.54, 1.807) is 0 Å². The highest BCUT2D eigenvalue weighted by atomic mass is 35.5. The first-order valence-electron chi connectivity index (χ1n) is 7.05. The minimum Gasteiger partial charge on any atom is -0.351 e. The summed E-state index contributed by atoms with van der Waals surface area (Å²) in [6.07, 6.45) is 4.90. The number of amides is 1. The Morgan fingerprint density at radius 2 is 2.35 bits per heavy atom. The van der Waals surface area contributed by atoms with Gasteiger partial charge in [0.05, 0.1) is 11.1 Å². The molecule has 2 rings (SSSR count). The van der Waals surface area contributed by atoms with Crippen molar-refractivity contribution in [3.05, 3.63) is 17.5 Å². The van der Waals surface area contributed by atoms with Crippen LogP contribution in [-0.4, -0.2) is 28.8 Å². The SMILES string of the molecule is CCc1nn(C)cc1CNC(=O)C1(C)CCCNC1.Cl. The van der Waals surface area contributed by atoms with Crippen LogP contribution in [0.4, 0.5) is 0 Å². The predicted octanol–water partition coefficient (Wildman–Crippen LogP) is 1.41. The summed E-state index contributed by atoms with van der Waals surface area (Å²) in [6, 6.07) is 0. The van der Waals surface area contributed by atoms with E-state index in [4.69, 9.17) is 0 Å². The Balaban J connectivity index is 0.00000200. The third kappa shape index (κ3) is 3.73. The monoisotopic (exact) mass is 300 g/mol. The fourth-order valence-corrected chi connectivity index (χ4v) is 2.67. The van der Waals surface area contributed by atoms with Crippen LogP contribution in [0.2, 0.25) is 0 Å². The molecular weight excluding hydrogens is 276 g/mol. The molecule has 1 aliphatic heterocycles. The first kappa shape index (κ1) is 17.0. The summed E-state index contributed by atoms with van der Waals surface area (Å²) in [5.41, 5.74) is 1.91. The average Bonchev–Trinajstić information content (AvgIpc) is 2.77. The molecule has 0 spiro atoms. The van der Waals surface area contributed by atoms with Gasteiger partial charge in [-0.15, -0.1) is 12.4 Å². The van der Waals surface area contributed by atoms with Crippen molar-refractivity contribution in [3.8, 4) is 0 Å². The standard InChI is InChI=1S/C14H24N4O.ClH/c1-4-12-11(9-18(3)17-12)8-16-13(19)14(2)6-5-7-15-10-14;/h9,15H,4-8,10H2,1-3H3,(H,16,19);1H. The predicted molar refractivity (Wildman–Crippen MR) is 81.9 cm³/mol. The smallest absolute Gasteiger partial charge is 0.227 e. The number of nitrogens with zero attached hydrogens (tertiary/aromatic N) is 2. The number of aryl methyl sites for hydroxylation is 2. The van der Waals surface area contributed by atoms with E-state index in [1.807, 2.05) is 24.9 Å². The van der Waals surface area contributed by atoms with Crippen LogP contribution in [0, 0.1) is 5.41 Å². The van der Waals surface area contributed by atoms with Crippen molar-refractivity contribution in [1.29, 1.82) is 0 Å². The van der Waals surface area contributed by atoms with Crippen molar-refractivity contribution in [2.45, 2.75) is 39.7 Å². The van der Waals surface area contributed by atoms with Crippen molar-refractivity contribution >= 4 is 18.3 Å². The second kappa shape index (κ2) is 7.09. The van der Waals surface area contributed by atoms with E-state index in [9.17, 15) is 4.79 Å². The van der Waals surface area contributed by atoms with Crippen LogP contribution < -0.4 is 10.6 Å². The van der Waals surface area contributed by atoms with Gasteiger partial charge in [0, 0.05) is 31.9 Å². The van der Waals surface area contributed by atoms with Crippen LogP contribution in [0.3, 0.4) is 0 Å². The van der Waals surface area contributed by atoms with Gasteiger partial charge in [0.2, 0.25) is 5.91 Å². The number of hydrogen-bond donors (Lipinski definition) is 2. The van der Waals surface area contributed by atoms with Crippen LogP contribution in [0.15, 0.2) is 6.20 Å². The molecule has 0 radical (unpaired) electrons. The van der Waals surface area contributed by atoms with E-state index in [0.29, 0.717) is 6.54 Å². The summed E-state index contributed by atoms with van der Waals surface area (Å²) in [4.78, 5) is 12.3. The first-order valence-corrected chi connectivity index (χ1v) is 7.05. The Morgan fingerprint density at radius 3 is 2.95 bits per heavy atom. The number of carbonyl (C=O) groups is 1. The molecule has 114 valence electrons. The van der Waals surface area contributed by atoms with Crippen LogP contribution >= 0.6 is 12.4 Å². The number of hydrogen-bond acceptors (Lipinski definition) is 3. The maximum atomic E-state index is 12.3. The van der Waals surface area contributed by atoms with Gasteiger partial charge in [-0.3, -0.25) is 9.48 Å². The Hall–Kier alpha value is -1.07. The van der Waals surface area contributed by atoms with E-state index in [2.05, 4.69) is 22.7 Å². The summed E-state index contributed by atoms with van der Waals surface area (Å²) >= 11 is 0. The number of aromatic nitrogens is 2. The lowest BCUT2D eigenvalue weighted by atomic mass is 9.82. The number of nitrogens with one attached hydrogen (secondary N) is 2. The summed E-state index contributed by atoms with van der Waals surface area (Å²) in [5.74, 6) is 0.144. The highest BCUT2D eigenvalue weighted by Crippen LogP contribution is 2.25. The third-order valence-corrected chi connectivity index (χ3v) is 3.91. The van der Waals surface area contributed by atoms with Crippen molar-refractivity contribution in [2.75, 3.05) is 13.1 Å².